The molecule has 2 amide bonds. The van der Waals surface area contributed by atoms with Gasteiger partial charge in [-0.1, -0.05) is 70.1 Å². The minimum atomic E-state index is -0.222. The van der Waals surface area contributed by atoms with Crippen molar-refractivity contribution in [3.63, 3.8) is 0 Å². The quantitative estimate of drug-likeness (QED) is 0.437. The summed E-state index contributed by atoms with van der Waals surface area (Å²) in [5.41, 5.74) is 1.36. The fourth-order valence-electron chi connectivity index (χ4n) is 2.82. The number of carbonyl (C=O) groups is 2. The van der Waals surface area contributed by atoms with Crippen LogP contribution in [0.2, 0.25) is 5.02 Å². The van der Waals surface area contributed by atoms with Crippen molar-refractivity contribution in [1.29, 1.82) is 0 Å². The zero-order chi connectivity index (χ0) is 21.5. The van der Waals surface area contributed by atoms with E-state index in [1.807, 2.05) is 31.2 Å². The maximum absolute atomic E-state index is 12.8. The monoisotopic (exact) mass is 506 g/mol. The van der Waals surface area contributed by atoms with Crippen molar-refractivity contribution in [2.75, 3.05) is 18.4 Å². The molecular formula is C21H20BrClN4O2S. The molecule has 30 heavy (non-hydrogen) atoms. The lowest BCUT2D eigenvalue weighted by atomic mass is 10.2. The van der Waals surface area contributed by atoms with Gasteiger partial charge >= 0.3 is 0 Å². The Balaban J connectivity index is 1.60. The van der Waals surface area contributed by atoms with Crippen LogP contribution in [0.1, 0.15) is 30.1 Å². The third-order valence-electron chi connectivity index (χ3n) is 4.24. The molecule has 0 aliphatic carbocycles. The Morgan fingerprint density at radius 3 is 2.67 bits per heavy atom. The lowest BCUT2D eigenvalue weighted by Crippen LogP contribution is -2.34. The van der Waals surface area contributed by atoms with Crippen molar-refractivity contribution in [2.24, 2.45) is 0 Å². The first-order valence-corrected chi connectivity index (χ1v) is 11.4. The van der Waals surface area contributed by atoms with Gasteiger partial charge in [-0.25, -0.2) is 0 Å². The second kappa shape index (κ2) is 10.7. The van der Waals surface area contributed by atoms with Gasteiger partial charge in [0.2, 0.25) is 11.0 Å². The van der Waals surface area contributed by atoms with Gasteiger partial charge in [0.25, 0.3) is 5.91 Å². The number of carbonyl (C=O) groups excluding carboxylic acids is 2. The second-order valence-corrected chi connectivity index (χ2v) is 8.79. The van der Waals surface area contributed by atoms with Crippen molar-refractivity contribution >= 4 is 55.8 Å². The van der Waals surface area contributed by atoms with E-state index in [1.165, 1.54) is 11.3 Å². The maximum atomic E-state index is 12.8. The molecule has 0 saturated heterocycles. The summed E-state index contributed by atoms with van der Waals surface area (Å²) >= 11 is 10.9. The molecule has 0 radical (unpaired) electrons. The summed E-state index contributed by atoms with van der Waals surface area (Å²) in [6.45, 7) is 2.82. The van der Waals surface area contributed by atoms with Crippen LogP contribution in [-0.2, 0) is 4.79 Å². The molecular weight excluding hydrogens is 488 g/mol. The molecule has 0 fully saturated rings. The molecule has 2 aromatic carbocycles. The highest BCUT2D eigenvalue weighted by atomic mass is 79.9. The number of nitrogens with one attached hydrogen (secondary N) is 1. The van der Waals surface area contributed by atoms with E-state index in [4.69, 9.17) is 11.6 Å². The molecule has 0 atom stereocenters. The number of hydrogen-bond donors (Lipinski definition) is 1. The molecule has 0 aliphatic heterocycles. The Hall–Kier alpha value is -2.29. The van der Waals surface area contributed by atoms with E-state index in [9.17, 15) is 9.59 Å². The molecule has 0 saturated carbocycles. The molecule has 1 heterocycles. The number of halogens is 2. The van der Waals surface area contributed by atoms with Crippen LogP contribution in [0.3, 0.4) is 0 Å². The van der Waals surface area contributed by atoms with Crippen molar-refractivity contribution in [1.82, 2.24) is 15.1 Å². The molecule has 6 nitrogen and oxygen atoms in total. The second-order valence-electron chi connectivity index (χ2n) is 6.49. The number of anilines is 1. The van der Waals surface area contributed by atoms with Gasteiger partial charge in [-0.15, -0.1) is 10.2 Å². The van der Waals surface area contributed by atoms with Crippen LogP contribution in [0.15, 0.2) is 53.0 Å². The Kier molecular flexibility index (Phi) is 7.95. The van der Waals surface area contributed by atoms with E-state index < -0.39 is 0 Å². The fourth-order valence-corrected chi connectivity index (χ4v) is 4.19. The molecule has 1 aromatic heterocycles. The van der Waals surface area contributed by atoms with Crippen LogP contribution in [0, 0.1) is 0 Å². The first kappa shape index (κ1) is 22.4. The summed E-state index contributed by atoms with van der Waals surface area (Å²) in [7, 11) is 0. The minimum absolute atomic E-state index is 0.155. The van der Waals surface area contributed by atoms with Gasteiger partial charge < -0.3 is 10.2 Å². The van der Waals surface area contributed by atoms with Gasteiger partial charge in [-0.05, 0) is 30.7 Å². The molecule has 0 unspecified atom stereocenters. The van der Waals surface area contributed by atoms with Crippen molar-refractivity contribution in [3.8, 4) is 10.6 Å². The highest BCUT2D eigenvalue weighted by Gasteiger charge is 2.19. The predicted molar refractivity (Wildman–Crippen MR) is 124 cm³/mol. The third kappa shape index (κ3) is 5.87. The zero-order valence-corrected chi connectivity index (χ0v) is 19.4. The van der Waals surface area contributed by atoms with E-state index >= 15 is 0 Å². The lowest BCUT2D eigenvalue weighted by molar-refractivity contribution is -0.116. The van der Waals surface area contributed by atoms with E-state index in [-0.39, 0.29) is 18.2 Å². The summed E-state index contributed by atoms with van der Waals surface area (Å²) < 4.78 is 0.944. The van der Waals surface area contributed by atoms with E-state index in [1.54, 1.807) is 29.2 Å². The summed E-state index contributed by atoms with van der Waals surface area (Å²) in [5.74, 6) is -0.400. The summed E-state index contributed by atoms with van der Waals surface area (Å²) in [4.78, 5) is 26.8. The van der Waals surface area contributed by atoms with E-state index in [2.05, 4.69) is 31.4 Å². The number of benzene rings is 2. The standard InChI is InChI=1S/C21H20BrClN4O2S/c1-2-11-27(20(29)16-8-3-4-9-17(16)23)12-10-18(28)24-21-26-25-19(30-21)14-6-5-7-15(22)13-14/h3-9,13H,2,10-12H2,1H3,(H,24,26,28). The average molecular weight is 508 g/mol. The average Bonchev–Trinajstić information content (AvgIpc) is 3.19. The topological polar surface area (TPSA) is 75.2 Å². The first-order valence-electron chi connectivity index (χ1n) is 9.41. The fraction of sp³-hybridized carbons (Fsp3) is 0.238. The van der Waals surface area contributed by atoms with Crippen LogP contribution < -0.4 is 5.32 Å². The molecule has 1 N–H and O–H groups in total. The van der Waals surface area contributed by atoms with Gasteiger partial charge in [0.1, 0.15) is 5.01 Å². The first-order chi connectivity index (χ1) is 14.5. The number of nitrogens with zero attached hydrogens (tertiary/aromatic N) is 3. The van der Waals surface area contributed by atoms with Gasteiger partial charge in [0, 0.05) is 29.5 Å². The molecule has 0 aliphatic rings. The van der Waals surface area contributed by atoms with E-state index in [0.717, 1.165) is 16.5 Å². The van der Waals surface area contributed by atoms with Crippen LogP contribution in [0.25, 0.3) is 10.6 Å². The molecule has 156 valence electrons. The summed E-state index contributed by atoms with van der Waals surface area (Å²) in [6, 6.07) is 14.6. The zero-order valence-electron chi connectivity index (χ0n) is 16.3. The normalized spacial score (nSPS) is 10.6. The van der Waals surface area contributed by atoms with Crippen molar-refractivity contribution in [2.45, 2.75) is 19.8 Å². The number of rotatable bonds is 8. The Bertz CT molecular complexity index is 1040. The SMILES string of the molecule is CCCN(CCC(=O)Nc1nnc(-c2cccc(Br)c2)s1)C(=O)c1ccccc1Cl. The Morgan fingerprint density at radius 2 is 1.93 bits per heavy atom. The maximum Gasteiger partial charge on any atom is 0.255 e. The predicted octanol–water partition coefficient (Wildman–Crippen LogP) is 5.50. The lowest BCUT2D eigenvalue weighted by Gasteiger charge is -2.22. The Morgan fingerprint density at radius 1 is 1.13 bits per heavy atom. The van der Waals surface area contributed by atoms with Crippen LogP contribution in [0.4, 0.5) is 5.13 Å². The van der Waals surface area contributed by atoms with Crippen molar-refractivity contribution in [3.05, 3.63) is 63.6 Å². The summed E-state index contributed by atoms with van der Waals surface area (Å²) in [5, 5.41) is 12.5. The van der Waals surface area contributed by atoms with Crippen LogP contribution in [0.5, 0.6) is 0 Å². The number of hydrogen-bond acceptors (Lipinski definition) is 5. The molecule has 9 heteroatoms. The molecule has 0 bridgehead atoms. The molecule has 0 spiro atoms. The molecule has 3 rings (SSSR count). The minimum Gasteiger partial charge on any atom is -0.338 e. The molecule has 3 aromatic rings. The van der Waals surface area contributed by atoms with Gasteiger partial charge in [-0.3, -0.25) is 9.59 Å². The van der Waals surface area contributed by atoms with Crippen molar-refractivity contribution < 1.29 is 9.59 Å². The van der Waals surface area contributed by atoms with Gasteiger partial charge in [-0.2, -0.15) is 0 Å². The van der Waals surface area contributed by atoms with E-state index in [0.29, 0.717) is 33.8 Å². The smallest absolute Gasteiger partial charge is 0.255 e. The Labute approximate surface area is 192 Å². The largest absolute Gasteiger partial charge is 0.338 e. The van der Waals surface area contributed by atoms with Gasteiger partial charge in [0.15, 0.2) is 0 Å². The third-order valence-corrected chi connectivity index (χ3v) is 5.95. The van der Waals surface area contributed by atoms with Gasteiger partial charge in [0.05, 0.1) is 10.6 Å². The highest BCUT2D eigenvalue weighted by Crippen LogP contribution is 2.28. The number of aromatic nitrogens is 2. The highest BCUT2D eigenvalue weighted by molar-refractivity contribution is 9.10. The van der Waals surface area contributed by atoms with Crippen LogP contribution in [-0.4, -0.2) is 40.0 Å². The van der Waals surface area contributed by atoms with Crippen LogP contribution >= 0.6 is 38.9 Å². The number of amides is 2. The summed E-state index contributed by atoms with van der Waals surface area (Å²) in [6.07, 6.45) is 0.937.